The zero-order valence-corrected chi connectivity index (χ0v) is 17.8. The van der Waals surface area contributed by atoms with Crippen LogP contribution in [-0.2, 0) is 11.3 Å². The van der Waals surface area contributed by atoms with Gasteiger partial charge >= 0.3 is 6.03 Å². The van der Waals surface area contributed by atoms with E-state index in [4.69, 9.17) is 26.7 Å². The van der Waals surface area contributed by atoms with Gasteiger partial charge in [0.15, 0.2) is 12.6 Å². The maximum absolute atomic E-state index is 14.5. The fourth-order valence-electron chi connectivity index (χ4n) is 3.65. The second-order valence-corrected chi connectivity index (χ2v) is 7.23. The van der Waals surface area contributed by atoms with Crippen molar-refractivity contribution in [3.05, 3.63) is 66.0 Å². The topological polar surface area (TPSA) is 146 Å². The number of nitrogen functional groups attached to an aromatic ring is 1. The molecule has 4 rings (SSSR count). The number of ether oxygens (including phenoxy) is 2. The maximum atomic E-state index is 14.5. The average Bonchev–Trinajstić information content (AvgIpc) is 3.21. The third kappa shape index (κ3) is 4.16. The quantitative estimate of drug-likeness (QED) is 0.317. The number of aromatic nitrogens is 2. The number of amides is 2. The van der Waals surface area contributed by atoms with Gasteiger partial charge in [-0.05, 0) is 53.1 Å². The number of benzene rings is 3. The molecule has 3 aromatic carbocycles. The van der Waals surface area contributed by atoms with Crippen molar-refractivity contribution in [3.63, 3.8) is 0 Å². The fourth-order valence-corrected chi connectivity index (χ4v) is 3.65. The van der Waals surface area contributed by atoms with Gasteiger partial charge in [-0.25, -0.2) is 9.18 Å². The average molecular weight is 450 g/mol. The number of carbonyl (C=O) groups is 1. The molecule has 0 saturated carbocycles. The van der Waals surface area contributed by atoms with Gasteiger partial charge in [-0.1, -0.05) is 18.2 Å². The molecule has 9 nitrogen and oxygen atoms in total. The van der Waals surface area contributed by atoms with Crippen LogP contribution in [0.3, 0.4) is 0 Å². The van der Waals surface area contributed by atoms with Crippen LogP contribution in [-0.4, -0.2) is 30.1 Å². The number of carbonyl (C=O) groups excluding carboxylic acids is 1. The predicted molar refractivity (Wildman–Crippen MR) is 124 cm³/mol. The van der Waals surface area contributed by atoms with Crippen molar-refractivity contribution >= 4 is 34.1 Å². The Morgan fingerprint density at radius 1 is 1.15 bits per heavy atom. The van der Waals surface area contributed by atoms with Crippen LogP contribution in [0.1, 0.15) is 5.56 Å². The monoisotopic (exact) mass is 450 g/mol. The molecule has 0 bridgehead atoms. The molecule has 0 aliphatic heterocycles. The number of hydrogen-bond donors (Lipinski definition) is 4. The fraction of sp³-hybridized carbons (Fsp3) is 0.130. The van der Waals surface area contributed by atoms with E-state index >= 15 is 0 Å². The minimum absolute atomic E-state index is 0.0271. The van der Waals surface area contributed by atoms with Crippen molar-refractivity contribution in [1.29, 1.82) is 0 Å². The van der Waals surface area contributed by atoms with Crippen molar-refractivity contribution in [3.8, 4) is 16.9 Å². The van der Waals surface area contributed by atoms with Gasteiger partial charge in [0.25, 0.3) is 0 Å². The van der Waals surface area contributed by atoms with Crippen molar-refractivity contribution in [1.82, 2.24) is 10.2 Å². The van der Waals surface area contributed by atoms with Crippen LogP contribution in [0.4, 0.5) is 26.4 Å². The molecule has 10 heteroatoms. The van der Waals surface area contributed by atoms with Gasteiger partial charge in [-0.3, -0.25) is 10.00 Å². The Morgan fingerprint density at radius 3 is 2.58 bits per heavy atom. The number of aromatic amines is 1. The molecule has 0 atom stereocenters. The summed E-state index contributed by atoms with van der Waals surface area (Å²) in [6.07, 6.45) is 0. The van der Waals surface area contributed by atoms with Gasteiger partial charge in [0.1, 0.15) is 17.1 Å². The summed E-state index contributed by atoms with van der Waals surface area (Å²) < 4.78 is 25.1. The highest BCUT2D eigenvalue weighted by molar-refractivity contribution is 6.05. The lowest BCUT2D eigenvalue weighted by atomic mass is 10.0. The lowest BCUT2D eigenvalue weighted by molar-refractivity contribution is 0.0521. The summed E-state index contributed by atoms with van der Waals surface area (Å²) in [7, 11) is 1.53. The molecule has 33 heavy (non-hydrogen) atoms. The smallest absolute Gasteiger partial charge is 0.323 e. The standard InChI is InChI=1S/C23H23FN6O3/c1-32-12-33-19-9-7-16(20-21(19)28-29-22(20)26)14-3-5-15(6-4-14)30(23(27)31)18-10-13(11-25)2-8-17(18)24/h2-10H,11-12,25H2,1H3,(H2,27,31)(H3,26,28,29). The van der Waals surface area contributed by atoms with Crippen LogP contribution >= 0.6 is 0 Å². The summed E-state index contributed by atoms with van der Waals surface area (Å²) in [6.45, 7) is 0.276. The Kier molecular flexibility index (Phi) is 6.11. The van der Waals surface area contributed by atoms with Crippen LogP contribution in [0, 0.1) is 5.82 Å². The molecule has 1 heterocycles. The van der Waals surface area contributed by atoms with E-state index < -0.39 is 11.8 Å². The lowest BCUT2D eigenvalue weighted by Crippen LogP contribution is -2.32. The third-order valence-electron chi connectivity index (χ3n) is 5.19. The summed E-state index contributed by atoms with van der Waals surface area (Å²) in [5.74, 6) is 0.271. The van der Waals surface area contributed by atoms with E-state index in [9.17, 15) is 9.18 Å². The second kappa shape index (κ2) is 9.15. The summed E-state index contributed by atoms with van der Waals surface area (Å²) >= 11 is 0. The number of nitrogens with two attached hydrogens (primary N) is 3. The highest BCUT2D eigenvalue weighted by atomic mass is 19.1. The van der Waals surface area contributed by atoms with E-state index in [0.29, 0.717) is 33.7 Å². The number of halogens is 1. The molecule has 0 unspecified atom stereocenters. The Balaban J connectivity index is 1.75. The first-order valence-corrected chi connectivity index (χ1v) is 10.0. The van der Waals surface area contributed by atoms with Gasteiger partial charge in [0.2, 0.25) is 0 Å². The molecule has 0 spiro atoms. The molecule has 0 fully saturated rings. The van der Waals surface area contributed by atoms with Gasteiger partial charge in [-0.2, -0.15) is 5.10 Å². The normalized spacial score (nSPS) is 11.0. The minimum Gasteiger partial charge on any atom is -0.465 e. The first-order chi connectivity index (χ1) is 15.9. The molecule has 0 aliphatic carbocycles. The van der Waals surface area contributed by atoms with Crippen LogP contribution in [0.15, 0.2) is 54.6 Å². The predicted octanol–water partition coefficient (Wildman–Crippen LogP) is 3.61. The first kappa shape index (κ1) is 22.1. The molecular weight excluding hydrogens is 427 g/mol. The molecule has 0 radical (unpaired) electrons. The van der Waals surface area contributed by atoms with Gasteiger partial charge in [0.05, 0.1) is 16.8 Å². The Labute approximate surface area is 188 Å². The maximum Gasteiger partial charge on any atom is 0.323 e. The van der Waals surface area contributed by atoms with E-state index in [1.165, 1.54) is 19.2 Å². The Bertz CT molecular complexity index is 1310. The molecule has 0 saturated heterocycles. The largest absolute Gasteiger partial charge is 0.465 e. The molecular formula is C23H23FN6O3. The SMILES string of the molecule is COCOc1ccc(-c2ccc(N(C(N)=O)c3cc(CN)ccc3F)cc2)c2c(N)n[nH]c12. The molecule has 1 aromatic heterocycles. The Hall–Kier alpha value is -4.15. The number of H-pyrrole nitrogens is 1. The minimum atomic E-state index is -0.822. The van der Waals surface area contributed by atoms with Crippen molar-refractivity contribution < 1.29 is 18.7 Å². The highest BCUT2D eigenvalue weighted by Crippen LogP contribution is 2.38. The number of rotatable bonds is 7. The number of urea groups is 1. The zero-order chi connectivity index (χ0) is 23.5. The molecule has 0 aliphatic rings. The third-order valence-corrected chi connectivity index (χ3v) is 5.19. The molecule has 4 aromatic rings. The van der Waals surface area contributed by atoms with Crippen LogP contribution < -0.4 is 26.8 Å². The van der Waals surface area contributed by atoms with Crippen LogP contribution in [0.2, 0.25) is 0 Å². The van der Waals surface area contributed by atoms with E-state index in [1.54, 1.807) is 36.4 Å². The second-order valence-electron chi connectivity index (χ2n) is 7.23. The molecule has 170 valence electrons. The van der Waals surface area contributed by atoms with E-state index in [1.807, 2.05) is 6.07 Å². The Morgan fingerprint density at radius 2 is 1.91 bits per heavy atom. The summed E-state index contributed by atoms with van der Waals surface area (Å²) in [5.41, 5.74) is 20.7. The zero-order valence-electron chi connectivity index (χ0n) is 17.8. The lowest BCUT2D eigenvalue weighted by Gasteiger charge is -2.22. The van der Waals surface area contributed by atoms with Crippen molar-refractivity contribution in [2.45, 2.75) is 6.54 Å². The van der Waals surface area contributed by atoms with Gasteiger partial charge in [0, 0.05) is 13.7 Å². The van der Waals surface area contributed by atoms with Crippen LogP contribution in [0.5, 0.6) is 5.75 Å². The summed E-state index contributed by atoms with van der Waals surface area (Å²) in [6, 6.07) is 14.0. The van der Waals surface area contributed by atoms with Crippen LogP contribution in [0.25, 0.3) is 22.0 Å². The molecule has 7 N–H and O–H groups in total. The number of primary amides is 1. The number of fused-ring (bicyclic) bond motifs is 1. The van der Waals surface area contributed by atoms with E-state index in [2.05, 4.69) is 10.2 Å². The van der Waals surface area contributed by atoms with Gasteiger partial charge in [-0.15, -0.1) is 0 Å². The first-order valence-electron chi connectivity index (χ1n) is 10.0. The number of anilines is 3. The number of hydrogen-bond acceptors (Lipinski definition) is 6. The molecule has 2 amide bonds. The highest BCUT2D eigenvalue weighted by Gasteiger charge is 2.20. The number of nitrogens with one attached hydrogen (secondary N) is 1. The number of nitrogens with zero attached hydrogens (tertiary/aromatic N) is 2. The van der Waals surface area contributed by atoms with Gasteiger partial charge < -0.3 is 26.7 Å². The van der Waals surface area contributed by atoms with Crippen molar-refractivity contribution in [2.24, 2.45) is 11.5 Å². The van der Waals surface area contributed by atoms with E-state index in [0.717, 1.165) is 16.0 Å². The van der Waals surface area contributed by atoms with E-state index in [-0.39, 0.29) is 19.0 Å². The summed E-state index contributed by atoms with van der Waals surface area (Å²) in [5, 5.41) is 7.66. The number of methoxy groups -OCH3 is 1. The summed E-state index contributed by atoms with van der Waals surface area (Å²) in [4.78, 5) is 13.3. The van der Waals surface area contributed by atoms with Crippen molar-refractivity contribution in [2.75, 3.05) is 24.5 Å².